The predicted molar refractivity (Wildman–Crippen MR) is 51.4 cm³/mol. The first-order valence-electron chi connectivity index (χ1n) is 4.49. The van der Waals surface area contributed by atoms with Crippen LogP contribution in [0.25, 0.3) is 10.4 Å². The summed E-state index contributed by atoms with van der Waals surface area (Å²) in [7, 11) is 0. The van der Waals surface area contributed by atoms with Crippen LogP contribution in [0.5, 0.6) is 0 Å². The van der Waals surface area contributed by atoms with Crippen LogP contribution in [0, 0.1) is 5.92 Å². The van der Waals surface area contributed by atoms with E-state index >= 15 is 0 Å². The number of carbonyl (C=O) groups is 1. The number of hydrogen-bond donors (Lipinski definition) is 0. The molecule has 0 N–H and O–H groups in total. The van der Waals surface area contributed by atoms with Crippen molar-refractivity contribution in [2.45, 2.75) is 26.3 Å². The van der Waals surface area contributed by atoms with Crippen LogP contribution in [0.3, 0.4) is 0 Å². The van der Waals surface area contributed by atoms with Crippen LogP contribution in [-0.2, 0) is 9.53 Å². The highest BCUT2D eigenvalue weighted by molar-refractivity contribution is 5.65. The summed E-state index contributed by atoms with van der Waals surface area (Å²) >= 11 is 0. The molecule has 1 aliphatic carbocycles. The summed E-state index contributed by atoms with van der Waals surface area (Å²) in [6.07, 6.45) is 2.66. The number of esters is 1. The van der Waals surface area contributed by atoms with Crippen molar-refractivity contribution in [1.82, 2.24) is 0 Å². The first kappa shape index (κ1) is 10.6. The molecule has 2 atom stereocenters. The van der Waals surface area contributed by atoms with Crippen molar-refractivity contribution in [2.24, 2.45) is 11.0 Å². The van der Waals surface area contributed by atoms with Crippen molar-refractivity contribution in [3.8, 4) is 0 Å². The van der Waals surface area contributed by atoms with Gasteiger partial charge in [-0.1, -0.05) is 16.8 Å². The first-order chi connectivity index (χ1) is 6.63. The van der Waals surface area contributed by atoms with Crippen LogP contribution >= 0.6 is 0 Å². The average molecular weight is 195 g/mol. The molecule has 0 aromatic heterocycles. The van der Waals surface area contributed by atoms with Crippen molar-refractivity contribution in [1.29, 1.82) is 0 Å². The molecule has 0 aromatic carbocycles. The first-order valence-corrected chi connectivity index (χ1v) is 4.49. The lowest BCUT2D eigenvalue weighted by molar-refractivity contribution is -0.141. The summed E-state index contributed by atoms with van der Waals surface area (Å²) < 4.78 is 4.91. The highest BCUT2D eigenvalue weighted by Crippen LogP contribution is 2.27. The van der Waals surface area contributed by atoms with E-state index in [0.29, 0.717) is 6.61 Å². The minimum atomic E-state index is -0.273. The monoisotopic (exact) mass is 195 g/mol. The normalized spacial score (nSPS) is 25.1. The topological polar surface area (TPSA) is 75.1 Å². The van der Waals surface area contributed by atoms with Gasteiger partial charge in [-0.05, 0) is 18.9 Å². The Labute approximate surface area is 82.4 Å². The molecule has 5 heteroatoms. The van der Waals surface area contributed by atoms with Gasteiger partial charge in [0.1, 0.15) is 0 Å². The molecule has 5 nitrogen and oxygen atoms in total. The van der Waals surface area contributed by atoms with Gasteiger partial charge in [0.15, 0.2) is 0 Å². The Balaban J connectivity index is 2.47. The molecule has 0 bridgehead atoms. The van der Waals surface area contributed by atoms with E-state index in [1.165, 1.54) is 6.92 Å². The molecule has 1 aliphatic rings. The fraction of sp³-hybridized carbons (Fsp3) is 0.667. The Hall–Kier alpha value is -1.48. The van der Waals surface area contributed by atoms with E-state index in [2.05, 4.69) is 10.0 Å². The Bertz CT molecular complexity index is 305. The minimum Gasteiger partial charge on any atom is -0.465 e. The number of hydrogen-bond acceptors (Lipinski definition) is 3. The number of ether oxygens (including phenoxy) is 1. The van der Waals surface area contributed by atoms with Crippen LogP contribution in [-0.4, -0.2) is 18.6 Å². The SMILES string of the molecule is CC(=O)OCC1C[C@H](N=[N+]=[N-])C=C1C. The van der Waals surface area contributed by atoms with E-state index in [4.69, 9.17) is 10.3 Å². The lowest BCUT2D eigenvalue weighted by Gasteiger charge is -2.11. The molecule has 0 saturated carbocycles. The third-order valence-corrected chi connectivity index (χ3v) is 2.31. The molecule has 0 amide bonds. The summed E-state index contributed by atoms with van der Waals surface area (Å²) in [4.78, 5) is 13.3. The molecule has 0 radical (unpaired) electrons. The lowest BCUT2D eigenvalue weighted by Crippen LogP contribution is -2.12. The summed E-state index contributed by atoms with van der Waals surface area (Å²) in [5.41, 5.74) is 9.39. The molecule has 0 aromatic rings. The summed E-state index contributed by atoms with van der Waals surface area (Å²) in [5.74, 6) is -0.0700. The molecule has 76 valence electrons. The molecular weight excluding hydrogens is 182 g/mol. The fourth-order valence-electron chi connectivity index (χ4n) is 1.55. The van der Waals surface area contributed by atoms with E-state index < -0.39 is 0 Å². The molecule has 0 fully saturated rings. The molecule has 1 rings (SSSR count). The van der Waals surface area contributed by atoms with Gasteiger partial charge in [0, 0.05) is 17.8 Å². The van der Waals surface area contributed by atoms with Crippen LogP contribution in [0.15, 0.2) is 16.8 Å². The lowest BCUT2D eigenvalue weighted by atomic mass is 10.0. The zero-order valence-electron chi connectivity index (χ0n) is 8.30. The van der Waals surface area contributed by atoms with Gasteiger partial charge in [-0.2, -0.15) is 0 Å². The largest absolute Gasteiger partial charge is 0.465 e. The molecule has 0 saturated heterocycles. The second-order valence-electron chi connectivity index (χ2n) is 3.42. The summed E-state index contributed by atoms with van der Waals surface area (Å²) in [6, 6.07) is -0.0828. The maximum absolute atomic E-state index is 10.6. The Morgan fingerprint density at radius 3 is 3.14 bits per heavy atom. The van der Waals surface area contributed by atoms with Crippen molar-refractivity contribution in [2.75, 3.05) is 6.61 Å². The number of nitrogens with zero attached hydrogens (tertiary/aromatic N) is 3. The Kier molecular flexibility index (Phi) is 3.54. The summed E-state index contributed by atoms with van der Waals surface area (Å²) in [5, 5.41) is 3.62. The van der Waals surface area contributed by atoms with Gasteiger partial charge in [-0.25, -0.2) is 0 Å². The zero-order chi connectivity index (χ0) is 10.6. The van der Waals surface area contributed by atoms with Crippen LogP contribution < -0.4 is 0 Å². The zero-order valence-corrected chi connectivity index (χ0v) is 8.30. The van der Waals surface area contributed by atoms with Gasteiger partial charge in [-0.15, -0.1) is 0 Å². The molecule has 0 heterocycles. The molecule has 0 spiro atoms. The molecular formula is C9H13N3O2. The van der Waals surface area contributed by atoms with Crippen molar-refractivity contribution in [3.05, 3.63) is 22.1 Å². The Morgan fingerprint density at radius 1 is 1.86 bits per heavy atom. The van der Waals surface area contributed by atoms with Crippen LogP contribution in [0.2, 0.25) is 0 Å². The van der Waals surface area contributed by atoms with Crippen LogP contribution in [0.4, 0.5) is 0 Å². The van der Waals surface area contributed by atoms with Gasteiger partial charge in [0.05, 0.1) is 12.6 Å². The van der Waals surface area contributed by atoms with Gasteiger partial charge >= 0.3 is 5.97 Å². The smallest absolute Gasteiger partial charge is 0.302 e. The number of rotatable bonds is 3. The molecule has 14 heavy (non-hydrogen) atoms. The summed E-state index contributed by atoms with van der Waals surface area (Å²) in [6.45, 7) is 3.73. The Morgan fingerprint density at radius 2 is 2.57 bits per heavy atom. The highest BCUT2D eigenvalue weighted by Gasteiger charge is 2.23. The quantitative estimate of drug-likeness (QED) is 0.227. The minimum absolute atomic E-state index is 0.0828. The van der Waals surface area contributed by atoms with Gasteiger partial charge in [-0.3, -0.25) is 4.79 Å². The van der Waals surface area contributed by atoms with Gasteiger partial charge in [0.25, 0.3) is 0 Å². The third-order valence-electron chi connectivity index (χ3n) is 2.31. The van der Waals surface area contributed by atoms with Crippen molar-refractivity contribution >= 4 is 5.97 Å². The maximum atomic E-state index is 10.6. The standard InChI is InChI=1S/C9H13N3O2/c1-6-3-9(11-12-10)4-8(6)5-14-7(2)13/h3,8-9H,4-5H2,1-2H3/t8?,9-/m1/s1. The van der Waals surface area contributed by atoms with Crippen molar-refractivity contribution < 1.29 is 9.53 Å². The van der Waals surface area contributed by atoms with E-state index in [-0.39, 0.29) is 17.9 Å². The number of carbonyl (C=O) groups excluding carboxylic acids is 1. The average Bonchev–Trinajstić information content (AvgIpc) is 2.44. The maximum Gasteiger partial charge on any atom is 0.302 e. The van der Waals surface area contributed by atoms with Crippen LogP contribution in [0.1, 0.15) is 20.3 Å². The van der Waals surface area contributed by atoms with Crippen molar-refractivity contribution in [3.63, 3.8) is 0 Å². The third kappa shape index (κ3) is 2.78. The van der Waals surface area contributed by atoms with E-state index in [9.17, 15) is 4.79 Å². The second kappa shape index (κ2) is 4.67. The van der Waals surface area contributed by atoms with Gasteiger partial charge in [0.2, 0.25) is 0 Å². The fourth-order valence-corrected chi connectivity index (χ4v) is 1.55. The predicted octanol–water partition coefficient (Wildman–Crippen LogP) is 2.19. The van der Waals surface area contributed by atoms with E-state index in [1.807, 2.05) is 13.0 Å². The highest BCUT2D eigenvalue weighted by atomic mass is 16.5. The molecule has 1 unspecified atom stereocenters. The van der Waals surface area contributed by atoms with E-state index in [0.717, 1.165) is 12.0 Å². The number of azide groups is 1. The van der Waals surface area contributed by atoms with E-state index in [1.54, 1.807) is 0 Å². The molecule has 0 aliphatic heterocycles. The second-order valence-corrected chi connectivity index (χ2v) is 3.42. The van der Waals surface area contributed by atoms with Gasteiger partial charge < -0.3 is 4.74 Å².